The van der Waals surface area contributed by atoms with E-state index in [1.807, 2.05) is 30.4 Å². The van der Waals surface area contributed by atoms with Crippen molar-refractivity contribution in [1.29, 1.82) is 0 Å². The van der Waals surface area contributed by atoms with Gasteiger partial charge in [0.2, 0.25) is 10.0 Å². The molecule has 0 spiro atoms. The number of hydrogen-bond donors (Lipinski definition) is 1. The van der Waals surface area contributed by atoms with Crippen LogP contribution >= 0.6 is 0 Å². The third-order valence-electron chi connectivity index (χ3n) is 2.36. The Morgan fingerprint density at radius 3 is 2.82 bits per heavy atom. The van der Waals surface area contributed by atoms with Gasteiger partial charge < -0.3 is 0 Å². The first-order valence-electron chi connectivity index (χ1n) is 5.07. The highest BCUT2D eigenvalue weighted by atomic mass is 32.2. The van der Waals surface area contributed by atoms with Gasteiger partial charge in [-0.3, -0.25) is 4.98 Å². The molecular formula is C12H12N2O2S. The van der Waals surface area contributed by atoms with Gasteiger partial charge in [-0.2, -0.15) is 0 Å². The molecule has 0 unspecified atom stereocenters. The predicted octanol–water partition coefficient (Wildman–Crippen LogP) is 1.60. The smallest absolute Gasteiger partial charge is 0.234 e. The van der Waals surface area contributed by atoms with E-state index in [-0.39, 0.29) is 4.91 Å². The Morgan fingerprint density at radius 2 is 2.18 bits per heavy atom. The van der Waals surface area contributed by atoms with E-state index in [2.05, 4.69) is 4.98 Å². The minimum Gasteiger partial charge on any atom is -0.257 e. The van der Waals surface area contributed by atoms with Crippen LogP contribution in [0.4, 0.5) is 0 Å². The summed E-state index contributed by atoms with van der Waals surface area (Å²) < 4.78 is 22.4. The molecule has 0 bridgehead atoms. The van der Waals surface area contributed by atoms with Crippen LogP contribution in [0.5, 0.6) is 0 Å². The van der Waals surface area contributed by atoms with Crippen molar-refractivity contribution in [3.8, 4) is 0 Å². The Hall–Kier alpha value is -1.72. The molecule has 2 rings (SSSR count). The summed E-state index contributed by atoms with van der Waals surface area (Å²) in [7, 11) is -3.60. The molecule has 0 atom stereocenters. The van der Waals surface area contributed by atoms with Crippen molar-refractivity contribution in [2.45, 2.75) is 6.42 Å². The number of pyridine rings is 1. The molecule has 88 valence electrons. The van der Waals surface area contributed by atoms with Crippen molar-refractivity contribution >= 4 is 16.1 Å². The molecule has 0 fully saturated rings. The predicted molar refractivity (Wildman–Crippen MR) is 67.2 cm³/mol. The second-order valence-corrected chi connectivity index (χ2v) is 5.30. The van der Waals surface area contributed by atoms with E-state index < -0.39 is 10.0 Å². The molecule has 1 aliphatic carbocycles. The highest BCUT2D eigenvalue weighted by Gasteiger charge is 2.14. The first kappa shape index (κ1) is 11.8. The molecule has 5 heteroatoms. The van der Waals surface area contributed by atoms with Gasteiger partial charge in [-0.05, 0) is 29.9 Å². The van der Waals surface area contributed by atoms with Gasteiger partial charge in [-0.1, -0.05) is 18.2 Å². The first-order chi connectivity index (χ1) is 8.05. The number of nitrogens with zero attached hydrogens (tertiary/aromatic N) is 1. The summed E-state index contributed by atoms with van der Waals surface area (Å²) in [5.74, 6) is 0. The summed E-state index contributed by atoms with van der Waals surface area (Å²) >= 11 is 0. The van der Waals surface area contributed by atoms with Gasteiger partial charge in [-0.15, -0.1) is 0 Å². The Balaban J connectivity index is 2.26. The molecule has 17 heavy (non-hydrogen) atoms. The molecule has 4 nitrogen and oxygen atoms in total. The zero-order valence-corrected chi connectivity index (χ0v) is 9.89. The van der Waals surface area contributed by atoms with Crippen molar-refractivity contribution in [2.75, 3.05) is 0 Å². The Bertz CT molecular complexity index is 599. The van der Waals surface area contributed by atoms with Gasteiger partial charge in [0.15, 0.2) is 0 Å². The monoisotopic (exact) mass is 248 g/mol. The summed E-state index contributed by atoms with van der Waals surface area (Å²) in [6.07, 6.45) is 8.89. The van der Waals surface area contributed by atoms with E-state index in [1.54, 1.807) is 12.3 Å². The number of aromatic nitrogens is 1. The maximum absolute atomic E-state index is 11.2. The Kier molecular flexibility index (Phi) is 3.21. The van der Waals surface area contributed by atoms with E-state index in [4.69, 9.17) is 5.14 Å². The normalized spacial score (nSPS) is 18.2. The number of nitrogens with two attached hydrogens (primary N) is 1. The molecule has 0 saturated carbocycles. The minimum atomic E-state index is -3.60. The summed E-state index contributed by atoms with van der Waals surface area (Å²) in [4.78, 5) is 4.37. The molecule has 0 aromatic carbocycles. The van der Waals surface area contributed by atoms with Gasteiger partial charge >= 0.3 is 0 Å². The maximum Gasteiger partial charge on any atom is 0.234 e. The van der Waals surface area contributed by atoms with Crippen molar-refractivity contribution in [2.24, 2.45) is 5.14 Å². The zero-order chi connectivity index (χ0) is 12.3. The number of rotatable bonds is 2. The fourth-order valence-electron chi connectivity index (χ4n) is 1.54. The third kappa shape index (κ3) is 3.12. The third-order valence-corrected chi connectivity index (χ3v) is 3.37. The zero-order valence-electron chi connectivity index (χ0n) is 9.08. The van der Waals surface area contributed by atoms with Crippen molar-refractivity contribution < 1.29 is 8.42 Å². The highest BCUT2D eigenvalue weighted by molar-refractivity contribution is 7.93. The Morgan fingerprint density at radius 1 is 1.35 bits per heavy atom. The van der Waals surface area contributed by atoms with Crippen LogP contribution in [-0.4, -0.2) is 13.4 Å². The SMILES string of the molecule is NS(=O)(=O)C1=CC=CC(=Cc2ccccn2)C1. The quantitative estimate of drug-likeness (QED) is 0.863. The standard InChI is InChI=1S/C12H12N2O2S/c13-17(15,16)12-6-3-4-10(9-12)8-11-5-1-2-7-14-11/h1-8H,9H2,(H2,13,15,16). The fourth-order valence-corrected chi connectivity index (χ4v) is 2.18. The Labute approximate surface area is 100 Å². The van der Waals surface area contributed by atoms with E-state index in [1.165, 1.54) is 6.08 Å². The van der Waals surface area contributed by atoms with Crippen LogP contribution in [0.25, 0.3) is 6.08 Å². The van der Waals surface area contributed by atoms with E-state index >= 15 is 0 Å². The molecule has 1 aromatic rings. The minimum absolute atomic E-state index is 0.224. The van der Waals surface area contributed by atoms with E-state index in [0.717, 1.165) is 11.3 Å². The number of allylic oxidation sites excluding steroid dienone is 5. The largest absolute Gasteiger partial charge is 0.257 e. The summed E-state index contributed by atoms with van der Waals surface area (Å²) in [6.45, 7) is 0. The van der Waals surface area contributed by atoms with Crippen LogP contribution in [0.15, 0.2) is 53.1 Å². The molecule has 2 N–H and O–H groups in total. The lowest BCUT2D eigenvalue weighted by Gasteiger charge is -2.09. The molecule has 0 radical (unpaired) electrons. The second-order valence-electron chi connectivity index (χ2n) is 3.69. The van der Waals surface area contributed by atoms with Gasteiger partial charge in [0.25, 0.3) is 0 Å². The highest BCUT2D eigenvalue weighted by Crippen LogP contribution is 2.22. The van der Waals surface area contributed by atoms with Gasteiger partial charge in [0, 0.05) is 12.6 Å². The van der Waals surface area contributed by atoms with Crippen LogP contribution in [0.3, 0.4) is 0 Å². The van der Waals surface area contributed by atoms with Crippen LogP contribution in [0, 0.1) is 0 Å². The van der Waals surface area contributed by atoms with Crippen molar-refractivity contribution in [3.63, 3.8) is 0 Å². The van der Waals surface area contributed by atoms with E-state index in [9.17, 15) is 8.42 Å². The molecule has 0 amide bonds. The van der Waals surface area contributed by atoms with Crippen molar-refractivity contribution in [3.05, 3.63) is 58.8 Å². The average Bonchev–Trinajstić information content (AvgIpc) is 2.29. The van der Waals surface area contributed by atoms with Gasteiger partial charge in [0.05, 0.1) is 10.6 Å². The molecule has 1 aliphatic rings. The molecular weight excluding hydrogens is 236 g/mol. The lowest BCUT2D eigenvalue weighted by Crippen LogP contribution is -2.15. The first-order valence-corrected chi connectivity index (χ1v) is 6.62. The number of primary sulfonamides is 1. The lowest BCUT2D eigenvalue weighted by molar-refractivity contribution is 0.602. The van der Waals surface area contributed by atoms with Crippen LogP contribution in [-0.2, 0) is 10.0 Å². The van der Waals surface area contributed by atoms with Crippen molar-refractivity contribution in [1.82, 2.24) is 4.98 Å². The second kappa shape index (κ2) is 4.65. The molecule has 1 heterocycles. The van der Waals surface area contributed by atoms with Crippen LogP contribution in [0.1, 0.15) is 12.1 Å². The summed E-state index contributed by atoms with van der Waals surface area (Å²) in [6, 6.07) is 5.56. The topological polar surface area (TPSA) is 73.1 Å². The summed E-state index contributed by atoms with van der Waals surface area (Å²) in [5.41, 5.74) is 1.66. The van der Waals surface area contributed by atoms with E-state index in [0.29, 0.717) is 6.42 Å². The maximum atomic E-state index is 11.2. The summed E-state index contributed by atoms with van der Waals surface area (Å²) in [5, 5.41) is 5.09. The number of hydrogen-bond acceptors (Lipinski definition) is 3. The van der Waals surface area contributed by atoms with Gasteiger partial charge in [0.1, 0.15) is 0 Å². The van der Waals surface area contributed by atoms with Gasteiger partial charge in [-0.25, -0.2) is 13.6 Å². The fraction of sp³-hybridized carbons (Fsp3) is 0.0833. The van der Waals surface area contributed by atoms with Crippen LogP contribution < -0.4 is 5.14 Å². The lowest BCUT2D eigenvalue weighted by atomic mass is 10.1. The van der Waals surface area contributed by atoms with Crippen LogP contribution in [0.2, 0.25) is 0 Å². The molecule has 0 aliphatic heterocycles. The average molecular weight is 248 g/mol. The molecule has 0 saturated heterocycles. The molecule has 1 aromatic heterocycles. The number of sulfonamides is 1.